The van der Waals surface area contributed by atoms with Crippen molar-refractivity contribution in [2.75, 3.05) is 26.3 Å². The van der Waals surface area contributed by atoms with Gasteiger partial charge in [0.1, 0.15) is 17.7 Å². The van der Waals surface area contributed by atoms with Gasteiger partial charge in [-0.2, -0.15) is 0 Å². The monoisotopic (exact) mass is 438 g/mol. The molecule has 1 saturated heterocycles. The third-order valence-corrected chi connectivity index (χ3v) is 6.26. The Morgan fingerprint density at radius 3 is 2.58 bits per heavy atom. The Hall–Kier alpha value is -3.61. The van der Waals surface area contributed by atoms with Crippen LogP contribution in [0.3, 0.4) is 0 Å². The molecule has 0 radical (unpaired) electrons. The van der Waals surface area contributed by atoms with Gasteiger partial charge in [0.25, 0.3) is 0 Å². The van der Waals surface area contributed by atoms with E-state index >= 15 is 0 Å². The Bertz CT molecular complexity index is 1460. The van der Waals surface area contributed by atoms with Crippen LogP contribution >= 0.6 is 0 Å². The zero-order valence-corrected chi connectivity index (χ0v) is 18.1. The van der Waals surface area contributed by atoms with Crippen LogP contribution in [0.5, 0.6) is 0 Å². The van der Waals surface area contributed by atoms with Gasteiger partial charge in [-0.15, -0.1) is 0 Å². The highest BCUT2D eigenvalue weighted by atomic mass is 19.1. The third-order valence-electron chi connectivity index (χ3n) is 6.26. The Morgan fingerprint density at radius 2 is 1.70 bits per heavy atom. The fourth-order valence-electron chi connectivity index (χ4n) is 4.57. The maximum atomic E-state index is 14.6. The number of rotatable bonds is 4. The van der Waals surface area contributed by atoms with Crippen LogP contribution in [-0.4, -0.2) is 45.7 Å². The highest BCUT2D eigenvalue weighted by Crippen LogP contribution is 2.31. The molecule has 0 atom stereocenters. The summed E-state index contributed by atoms with van der Waals surface area (Å²) in [6, 6.07) is 21.7. The average Bonchev–Trinajstić information content (AvgIpc) is 3.29. The lowest BCUT2D eigenvalue weighted by molar-refractivity contribution is 0.0342. The van der Waals surface area contributed by atoms with Crippen molar-refractivity contribution in [2.45, 2.75) is 6.54 Å². The molecule has 0 amide bonds. The summed E-state index contributed by atoms with van der Waals surface area (Å²) in [5.74, 6) is -0.284. The molecular formula is C27H23FN4O. The van der Waals surface area contributed by atoms with E-state index in [1.54, 1.807) is 24.7 Å². The molecule has 2 aromatic heterocycles. The summed E-state index contributed by atoms with van der Waals surface area (Å²) in [6.07, 6.45) is 3.41. The minimum absolute atomic E-state index is 0.284. The summed E-state index contributed by atoms with van der Waals surface area (Å²) < 4.78 is 21.9. The lowest BCUT2D eigenvalue weighted by atomic mass is 10.0. The van der Waals surface area contributed by atoms with Crippen molar-refractivity contribution in [3.63, 3.8) is 0 Å². The molecule has 164 valence electrons. The number of hydrogen-bond acceptors (Lipinski definition) is 4. The van der Waals surface area contributed by atoms with Gasteiger partial charge >= 0.3 is 0 Å². The van der Waals surface area contributed by atoms with Crippen molar-refractivity contribution < 1.29 is 9.13 Å². The molecule has 0 aliphatic carbocycles. The standard InChI is InChI=1S/C27H23FN4O/c28-23-6-1-2-7-26(23)32-18-30-25-16-29-24-9-8-21(15-22(24)27(25)32)20-5-3-4-19(14-20)17-31-10-12-33-13-11-31/h1-9,14-16,18H,10-13,17H2. The van der Waals surface area contributed by atoms with E-state index in [0.29, 0.717) is 5.69 Å². The van der Waals surface area contributed by atoms with Crippen LogP contribution in [0, 0.1) is 5.82 Å². The van der Waals surface area contributed by atoms with Crippen LogP contribution in [0.25, 0.3) is 38.8 Å². The van der Waals surface area contributed by atoms with Crippen LogP contribution in [0.2, 0.25) is 0 Å². The van der Waals surface area contributed by atoms with Gasteiger partial charge in [0, 0.05) is 25.0 Å². The topological polar surface area (TPSA) is 43.2 Å². The van der Waals surface area contributed by atoms with Crippen molar-refractivity contribution in [1.29, 1.82) is 0 Å². The van der Waals surface area contributed by atoms with E-state index in [1.165, 1.54) is 11.6 Å². The summed E-state index contributed by atoms with van der Waals surface area (Å²) in [4.78, 5) is 11.5. The molecule has 0 spiro atoms. The van der Waals surface area contributed by atoms with E-state index in [-0.39, 0.29) is 5.82 Å². The number of aromatic nitrogens is 3. The molecule has 5 aromatic rings. The van der Waals surface area contributed by atoms with E-state index in [0.717, 1.165) is 65.9 Å². The Kier molecular flexibility index (Phi) is 5.09. The minimum atomic E-state index is -0.284. The SMILES string of the molecule is Fc1ccccc1-n1cnc2cnc3ccc(-c4cccc(CN5CCOCC5)c4)cc3c21. The van der Waals surface area contributed by atoms with E-state index in [2.05, 4.69) is 51.3 Å². The fourth-order valence-corrected chi connectivity index (χ4v) is 4.57. The predicted octanol–water partition coefficient (Wildman–Crippen LogP) is 5.21. The largest absolute Gasteiger partial charge is 0.379 e. The lowest BCUT2D eigenvalue weighted by Gasteiger charge is -2.26. The van der Waals surface area contributed by atoms with Crippen LogP contribution < -0.4 is 0 Å². The summed E-state index contributed by atoms with van der Waals surface area (Å²) in [7, 11) is 0. The second kappa shape index (κ2) is 8.39. The van der Waals surface area contributed by atoms with Gasteiger partial charge in [-0.25, -0.2) is 9.37 Å². The first-order valence-corrected chi connectivity index (χ1v) is 11.2. The maximum Gasteiger partial charge on any atom is 0.147 e. The lowest BCUT2D eigenvalue weighted by Crippen LogP contribution is -2.35. The zero-order valence-electron chi connectivity index (χ0n) is 18.1. The number of imidazole rings is 1. The van der Waals surface area contributed by atoms with Crippen LogP contribution in [0.1, 0.15) is 5.56 Å². The van der Waals surface area contributed by atoms with Gasteiger partial charge in [0.2, 0.25) is 0 Å². The van der Waals surface area contributed by atoms with Gasteiger partial charge < -0.3 is 4.74 Å². The Morgan fingerprint density at radius 1 is 0.848 bits per heavy atom. The Balaban J connectivity index is 1.45. The highest BCUT2D eigenvalue weighted by molar-refractivity contribution is 6.04. The highest BCUT2D eigenvalue weighted by Gasteiger charge is 2.14. The molecule has 0 unspecified atom stereocenters. The van der Waals surface area contributed by atoms with Crippen molar-refractivity contribution in [3.05, 3.63) is 90.6 Å². The van der Waals surface area contributed by atoms with E-state index in [4.69, 9.17) is 4.74 Å². The molecule has 6 rings (SSSR count). The molecule has 1 fully saturated rings. The first-order valence-electron chi connectivity index (χ1n) is 11.2. The second-order valence-corrected chi connectivity index (χ2v) is 8.38. The molecule has 5 nitrogen and oxygen atoms in total. The van der Waals surface area contributed by atoms with Crippen molar-refractivity contribution in [2.24, 2.45) is 0 Å². The number of benzene rings is 3. The second-order valence-electron chi connectivity index (χ2n) is 8.38. The molecule has 6 heteroatoms. The molecule has 0 bridgehead atoms. The minimum Gasteiger partial charge on any atom is -0.379 e. The molecule has 1 aliphatic rings. The van der Waals surface area contributed by atoms with Gasteiger partial charge in [0.15, 0.2) is 0 Å². The number of halogens is 1. The van der Waals surface area contributed by atoms with Gasteiger partial charge in [0.05, 0.1) is 36.1 Å². The van der Waals surface area contributed by atoms with E-state index in [9.17, 15) is 4.39 Å². The van der Waals surface area contributed by atoms with Crippen molar-refractivity contribution in [1.82, 2.24) is 19.4 Å². The zero-order chi connectivity index (χ0) is 22.2. The first-order chi connectivity index (χ1) is 16.3. The summed E-state index contributed by atoms with van der Waals surface area (Å²) in [5.41, 5.74) is 6.46. The maximum absolute atomic E-state index is 14.6. The number of nitrogens with zero attached hydrogens (tertiary/aromatic N) is 4. The number of fused-ring (bicyclic) bond motifs is 3. The molecule has 33 heavy (non-hydrogen) atoms. The number of pyridine rings is 1. The van der Waals surface area contributed by atoms with Gasteiger partial charge in [-0.1, -0.05) is 36.4 Å². The normalized spacial score (nSPS) is 14.8. The third kappa shape index (κ3) is 3.77. The van der Waals surface area contributed by atoms with Gasteiger partial charge in [-0.3, -0.25) is 14.5 Å². The number of ether oxygens (including phenoxy) is 1. The van der Waals surface area contributed by atoms with Crippen LogP contribution in [-0.2, 0) is 11.3 Å². The molecule has 0 N–H and O–H groups in total. The van der Waals surface area contributed by atoms with E-state index < -0.39 is 0 Å². The van der Waals surface area contributed by atoms with Crippen molar-refractivity contribution >= 4 is 21.9 Å². The molecule has 1 aliphatic heterocycles. The average molecular weight is 439 g/mol. The van der Waals surface area contributed by atoms with Crippen LogP contribution in [0.15, 0.2) is 79.3 Å². The molecule has 3 aromatic carbocycles. The summed E-state index contributed by atoms with van der Waals surface area (Å²) >= 11 is 0. The van der Waals surface area contributed by atoms with Gasteiger partial charge in [-0.05, 0) is 47.0 Å². The van der Waals surface area contributed by atoms with Crippen LogP contribution in [0.4, 0.5) is 4.39 Å². The predicted molar refractivity (Wildman–Crippen MR) is 128 cm³/mol. The summed E-state index contributed by atoms with van der Waals surface area (Å²) in [5, 5.41) is 0.948. The smallest absolute Gasteiger partial charge is 0.147 e. The fraction of sp³-hybridized carbons (Fsp3) is 0.185. The molecule has 3 heterocycles. The number of para-hydroxylation sites is 1. The number of morpholine rings is 1. The number of hydrogen-bond donors (Lipinski definition) is 0. The summed E-state index contributed by atoms with van der Waals surface area (Å²) in [6.45, 7) is 4.43. The first kappa shape index (κ1) is 20.0. The Labute approximate surface area is 191 Å². The molecule has 0 saturated carbocycles. The quantitative estimate of drug-likeness (QED) is 0.386. The van der Waals surface area contributed by atoms with Crippen molar-refractivity contribution in [3.8, 4) is 16.8 Å². The molecular weight excluding hydrogens is 415 g/mol. The van der Waals surface area contributed by atoms with E-state index in [1.807, 2.05) is 16.7 Å².